The van der Waals surface area contributed by atoms with Crippen molar-refractivity contribution < 1.29 is 4.39 Å². The molecule has 1 rings (SSSR count). The van der Waals surface area contributed by atoms with Crippen LogP contribution < -0.4 is 11.1 Å². The predicted octanol–water partition coefficient (Wildman–Crippen LogP) is 2.87. The summed E-state index contributed by atoms with van der Waals surface area (Å²) >= 11 is 5.86. The van der Waals surface area contributed by atoms with Crippen molar-refractivity contribution in [2.75, 3.05) is 7.05 Å². The van der Waals surface area contributed by atoms with Crippen LogP contribution in [-0.2, 0) is 0 Å². The maximum atomic E-state index is 13.6. The Morgan fingerprint density at radius 2 is 2.12 bits per heavy atom. The molecule has 3 N–H and O–H groups in total. The molecule has 0 aliphatic rings. The van der Waals surface area contributed by atoms with Gasteiger partial charge in [0.25, 0.3) is 0 Å². The summed E-state index contributed by atoms with van der Waals surface area (Å²) in [5.41, 5.74) is 6.15. The van der Waals surface area contributed by atoms with Crippen molar-refractivity contribution in [1.82, 2.24) is 5.32 Å². The fourth-order valence-corrected chi connectivity index (χ4v) is 1.86. The first kappa shape index (κ1) is 13.4. The number of hydrogen-bond donors (Lipinski definition) is 2. The van der Waals surface area contributed by atoms with E-state index in [9.17, 15) is 4.39 Å². The van der Waals surface area contributed by atoms with Crippen LogP contribution in [0.4, 0.5) is 4.39 Å². The van der Waals surface area contributed by atoms with Gasteiger partial charge in [-0.25, -0.2) is 4.39 Å². The molecule has 0 saturated carbocycles. The second-order valence-electron chi connectivity index (χ2n) is 4.70. The van der Waals surface area contributed by atoms with E-state index in [1.807, 2.05) is 13.8 Å². The largest absolute Gasteiger partial charge is 0.325 e. The van der Waals surface area contributed by atoms with Crippen LogP contribution in [-0.4, -0.2) is 12.6 Å². The molecular formula is C12H18ClFN2. The highest BCUT2D eigenvalue weighted by atomic mass is 35.5. The van der Waals surface area contributed by atoms with Gasteiger partial charge in [-0.1, -0.05) is 11.6 Å². The zero-order valence-corrected chi connectivity index (χ0v) is 10.6. The maximum absolute atomic E-state index is 13.6. The average Bonchev–Trinajstić information content (AvgIpc) is 2.17. The third kappa shape index (κ3) is 3.74. The molecule has 0 aliphatic carbocycles. The van der Waals surface area contributed by atoms with E-state index in [-0.39, 0.29) is 17.4 Å². The normalized spacial score (nSPS) is 13.9. The minimum Gasteiger partial charge on any atom is -0.325 e. The van der Waals surface area contributed by atoms with Gasteiger partial charge in [-0.05, 0) is 45.5 Å². The summed E-state index contributed by atoms with van der Waals surface area (Å²) in [6, 6.07) is 4.44. The highest BCUT2D eigenvalue weighted by Gasteiger charge is 2.21. The van der Waals surface area contributed by atoms with E-state index in [1.54, 1.807) is 19.2 Å². The van der Waals surface area contributed by atoms with Crippen LogP contribution in [0.3, 0.4) is 0 Å². The van der Waals surface area contributed by atoms with Crippen molar-refractivity contribution in [3.8, 4) is 0 Å². The molecule has 0 heterocycles. The molecule has 90 valence electrons. The number of rotatable bonds is 4. The summed E-state index contributed by atoms with van der Waals surface area (Å²) in [7, 11) is 1.79. The summed E-state index contributed by atoms with van der Waals surface area (Å²) in [5.74, 6) is -0.256. The quantitative estimate of drug-likeness (QED) is 0.855. The van der Waals surface area contributed by atoms with Crippen LogP contribution in [0.2, 0.25) is 5.02 Å². The van der Waals surface area contributed by atoms with E-state index in [0.29, 0.717) is 17.0 Å². The van der Waals surface area contributed by atoms with Gasteiger partial charge >= 0.3 is 0 Å². The Balaban J connectivity index is 2.99. The number of benzene rings is 1. The lowest BCUT2D eigenvalue weighted by Gasteiger charge is -2.26. The smallest absolute Gasteiger partial charge is 0.128 e. The van der Waals surface area contributed by atoms with E-state index in [2.05, 4.69) is 5.32 Å². The molecule has 1 aromatic carbocycles. The van der Waals surface area contributed by atoms with Crippen molar-refractivity contribution in [2.45, 2.75) is 31.8 Å². The second-order valence-corrected chi connectivity index (χ2v) is 5.14. The molecule has 1 unspecified atom stereocenters. The van der Waals surface area contributed by atoms with Gasteiger partial charge in [-0.3, -0.25) is 0 Å². The molecule has 0 spiro atoms. The highest BCUT2D eigenvalue weighted by molar-refractivity contribution is 6.30. The molecule has 0 bridgehead atoms. The molecule has 0 radical (unpaired) electrons. The molecule has 0 fully saturated rings. The minimum atomic E-state index is -0.359. The van der Waals surface area contributed by atoms with E-state index < -0.39 is 0 Å². The van der Waals surface area contributed by atoms with Gasteiger partial charge in [0.05, 0.1) is 0 Å². The lowest BCUT2D eigenvalue weighted by molar-refractivity contribution is 0.387. The Morgan fingerprint density at radius 1 is 1.50 bits per heavy atom. The van der Waals surface area contributed by atoms with Crippen molar-refractivity contribution in [1.29, 1.82) is 0 Å². The van der Waals surface area contributed by atoms with Gasteiger partial charge < -0.3 is 11.1 Å². The van der Waals surface area contributed by atoms with Crippen molar-refractivity contribution in [2.24, 2.45) is 5.73 Å². The fraction of sp³-hybridized carbons (Fsp3) is 0.500. The zero-order valence-electron chi connectivity index (χ0n) is 9.85. The van der Waals surface area contributed by atoms with Gasteiger partial charge in [0.15, 0.2) is 0 Å². The summed E-state index contributed by atoms with van der Waals surface area (Å²) in [6.45, 7) is 3.83. The first-order chi connectivity index (χ1) is 7.33. The molecule has 4 heteroatoms. The number of nitrogens with two attached hydrogens (primary N) is 1. The van der Waals surface area contributed by atoms with Gasteiger partial charge in [0.1, 0.15) is 5.82 Å². The standard InChI is InChI=1S/C12H18ClFN2/c1-12(2,15)7-11(16-3)9-6-8(13)4-5-10(9)14/h4-6,11,16H,7,15H2,1-3H3. The van der Waals surface area contributed by atoms with E-state index in [0.717, 1.165) is 0 Å². The van der Waals surface area contributed by atoms with Gasteiger partial charge in [0.2, 0.25) is 0 Å². The number of nitrogens with one attached hydrogen (secondary N) is 1. The van der Waals surface area contributed by atoms with Gasteiger partial charge in [-0.2, -0.15) is 0 Å². The number of halogens is 2. The average molecular weight is 245 g/mol. The van der Waals surface area contributed by atoms with Gasteiger partial charge in [0, 0.05) is 22.2 Å². The van der Waals surface area contributed by atoms with Crippen LogP contribution in [0.5, 0.6) is 0 Å². The third-order valence-electron chi connectivity index (χ3n) is 2.41. The lowest BCUT2D eigenvalue weighted by Crippen LogP contribution is -2.37. The van der Waals surface area contributed by atoms with E-state index >= 15 is 0 Å². The summed E-state index contributed by atoms with van der Waals surface area (Å²) in [5, 5.41) is 3.60. The summed E-state index contributed by atoms with van der Waals surface area (Å²) in [6.07, 6.45) is 0.640. The van der Waals surface area contributed by atoms with Crippen LogP contribution in [0.25, 0.3) is 0 Å². The van der Waals surface area contributed by atoms with Crippen LogP contribution in [0.1, 0.15) is 31.9 Å². The molecule has 1 atom stereocenters. The Hall–Kier alpha value is -0.640. The first-order valence-electron chi connectivity index (χ1n) is 5.24. The second kappa shape index (κ2) is 5.13. The molecule has 2 nitrogen and oxygen atoms in total. The lowest BCUT2D eigenvalue weighted by atomic mass is 9.92. The Morgan fingerprint density at radius 3 is 2.62 bits per heavy atom. The molecule has 0 aliphatic heterocycles. The first-order valence-corrected chi connectivity index (χ1v) is 5.62. The molecule has 0 amide bonds. The third-order valence-corrected chi connectivity index (χ3v) is 2.65. The molecule has 16 heavy (non-hydrogen) atoms. The summed E-state index contributed by atoms with van der Waals surface area (Å²) < 4.78 is 13.6. The maximum Gasteiger partial charge on any atom is 0.128 e. The van der Waals surface area contributed by atoms with Crippen LogP contribution in [0.15, 0.2) is 18.2 Å². The molecule has 0 aromatic heterocycles. The van der Waals surface area contributed by atoms with E-state index in [1.165, 1.54) is 6.07 Å². The van der Waals surface area contributed by atoms with Crippen molar-refractivity contribution >= 4 is 11.6 Å². The molecular weight excluding hydrogens is 227 g/mol. The minimum absolute atomic E-state index is 0.126. The predicted molar refractivity (Wildman–Crippen MR) is 66.1 cm³/mol. The highest BCUT2D eigenvalue weighted by Crippen LogP contribution is 2.26. The SMILES string of the molecule is CNC(CC(C)(C)N)c1cc(Cl)ccc1F. The Bertz CT molecular complexity index is 361. The van der Waals surface area contributed by atoms with Crippen LogP contribution in [0, 0.1) is 5.82 Å². The van der Waals surface area contributed by atoms with E-state index in [4.69, 9.17) is 17.3 Å². The molecule has 0 saturated heterocycles. The zero-order chi connectivity index (χ0) is 12.3. The Labute approximate surface area is 101 Å². The number of hydrogen-bond acceptors (Lipinski definition) is 2. The topological polar surface area (TPSA) is 38.0 Å². The van der Waals surface area contributed by atoms with Crippen LogP contribution >= 0.6 is 11.6 Å². The van der Waals surface area contributed by atoms with Crippen molar-refractivity contribution in [3.05, 3.63) is 34.6 Å². The van der Waals surface area contributed by atoms with Gasteiger partial charge in [-0.15, -0.1) is 0 Å². The molecule has 1 aromatic rings. The monoisotopic (exact) mass is 244 g/mol. The summed E-state index contributed by atoms with van der Waals surface area (Å²) in [4.78, 5) is 0. The van der Waals surface area contributed by atoms with Crippen molar-refractivity contribution in [3.63, 3.8) is 0 Å². The fourth-order valence-electron chi connectivity index (χ4n) is 1.68. The Kier molecular flexibility index (Phi) is 4.30.